The fraction of sp³-hybridized carbons (Fsp3) is 0.250. The molecule has 0 unspecified atom stereocenters. The van der Waals surface area contributed by atoms with Gasteiger partial charge in [-0.3, -0.25) is 0 Å². The van der Waals surface area contributed by atoms with Crippen LogP contribution in [-0.4, -0.2) is 0 Å². The lowest BCUT2D eigenvalue weighted by atomic mass is 10.2. The molecule has 1 heteroatoms. The van der Waals surface area contributed by atoms with Crippen molar-refractivity contribution in [2.24, 2.45) is 5.73 Å². The maximum Gasteiger partial charge on any atom is 0.00785 e. The standard InChI is InChI=1S/C8H13N/c1-4-5-6-7(2)8(3)9/h4-6H,1,9H2,2-3H3/b6-5-,8-7+. The Labute approximate surface area is 56.6 Å². The molecule has 0 spiro atoms. The second-order valence-corrected chi connectivity index (χ2v) is 1.96. The summed E-state index contributed by atoms with van der Waals surface area (Å²) < 4.78 is 0. The van der Waals surface area contributed by atoms with Gasteiger partial charge in [0.25, 0.3) is 0 Å². The van der Waals surface area contributed by atoms with Gasteiger partial charge in [0.1, 0.15) is 0 Å². The smallest absolute Gasteiger partial charge is 0.00785 e. The van der Waals surface area contributed by atoms with E-state index in [-0.39, 0.29) is 0 Å². The van der Waals surface area contributed by atoms with Crippen LogP contribution in [0, 0.1) is 0 Å². The summed E-state index contributed by atoms with van der Waals surface area (Å²) in [5.74, 6) is 0. The summed E-state index contributed by atoms with van der Waals surface area (Å²) in [6.45, 7) is 7.39. The molecule has 0 aliphatic heterocycles. The van der Waals surface area contributed by atoms with Crippen LogP contribution in [-0.2, 0) is 0 Å². The zero-order chi connectivity index (χ0) is 7.28. The van der Waals surface area contributed by atoms with Crippen LogP contribution in [0.25, 0.3) is 0 Å². The molecular formula is C8H13N. The predicted molar refractivity (Wildman–Crippen MR) is 41.9 cm³/mol. The molecular weight excluding hydrogens is 110 g/mol. The van der Waals surface area contributed by atoms with Crippen molar-refractivity contribution in [1.82, 2.24) is 0 Å². The minimum Gasteiger partial charge on any atom is -0.402 e. The summed E-state index contributed by atoms with van der Waals surface area (Å²) >= 11 is 0. The highest BCUT2D eigenvalue weighted by Gasteiger charge is 1.81. The highest BCUT2D eigenvalue weighted by atomic mass is 14.5. The maximum absolute atomic E-state index is 5.47. The highest BCUT2D eigenvalue weighted by molar-refractivity contribution is 5.22. The molecule has 2 N–H and O–H groups in total. The third-order valence-electron chi connectivity index (χ3n) is 1.10. The van der Waals surface area contributed by atoms with E-state index in [2.05, 4.69) is 6.58 Å². The van der Waals surface area contributed by atoms with Crippen LogP contribution >= 0.6 is 0 Å². The number of hydrogen-bond acceptors (Lipinski definition) is 1. The van der Waals surface area contributed by atoms with Gasteiger partial charge in [0, 0.05) is 5.70 Å². The lowest BCUT2D eigenvalue weighted by molar-refractivity contribution is 1.24. The minimum absolute atomic E-state index is 0.855. The monoisotopic (exact) mass is 123 g/mol. The van der Waals surface area contributed by atoms with Crippen molar-refractivity contribution < 1.29 is 0 Å². The van der Waals surface area contributed by atoms with Gasteiger partial charge in [-0.05, 0) is 19.4 Å². The number of nitrogens with two attached hydrogens (primary N) is 1. The number of rotatable bonds is 2. The molecule has 9 heavy (non-hydrogen) atoms. The first-order chi connectivity index (χ1) is 4.18. The average molecular weight is 123 g/mol. The quantitative estimate of drug-likeness (QED) is 0.558. The summed E-state index contributed by atoms with van der Waals surface area (Å²) in [5, 5.41) is 0. The summed E-state index contributed by atoms with van der Waals surface area (Å²) in [6, 6.07) is 0. The Kier molecular flexibility index (Phi) is 3.52. The normalized spacial score (nSPS) is 13.6. The zero-order valence-electron chi connectivity index (χ0n) is 6.02. The third-order valence-corrected chi connectivity index (χ3v) is 1.10. The fourth-order valence-electron chi connectivity index (χ4n) is 0.344. The van der Waals surface area contributed by atoms with Crippen molar-refractivity contribution in [3.8, 4) is 0 Å². The van der Waals surface area contributed by atoms with Gasteiger partial charge in [-0.15, -0.1) is 0 Å². The van der Waals surface area contributed by atoms with E-state index in [1.54, 1.807) is 6.08 Å². The van der Waals surface area contributed by atoms with Crippen LogP contribution in [0.2, 0.25) is 0 Å². The molecule has 0 heterocycles. The van der Waals surface area contributed by atoms with Crippen molar-refractivity contribution in [2.45, 2.75) is 13.8 Å². The van der Waals surface area contributed by atoms with Crippen LogP contribution in [0.3, 0.4) is 0 Å². The maximum atomic E-state index is 5.47. The van der Waals surface area contributed by atoms with Gasteiger partial charge in [0.15, 0.2) is 0 Å². The molecule has 0 bridgehead atoms. The van der Waals surface area contributed by atoms with E-state index in [0.717, 1.165) is 11.3 Å². The van der Waals surface area contributed by atoms with E-state index in [4.69, 9.17) is 5.73 Å². The molecule has 0 amide bonds. The van der Waals surface area contributed by atoms with Gasteiger partial charge in [-0.2, -0.15) is 0 Å². The lowest BCUT2D eigenvalue weighted by Crippen LogP contribution is -1.92. The van der Waals surface area contributed by atoms with Gasteiger partial charge in [-0.25, -0.2) is 0 Å². The Balaban J connectivity index is 4.06. The molecule has 0 aromatic carbocycles. The largest absolute Gasteiger partial charge is 0.402 e. The fourth-order valence-corrected chi connectivity index (χ4v) is 0.344. The van der Waals surface area contributed by atoms with Gasteiger partial charge in [-0.1, -0.05) is 24.8 Å². The van der Waals surface area contributed by atoms with Crippen molar-refractivity contribution >= 4 is 0 Å². The van der Waals surface area contributed by atoms with Crippen molar-refractivity contribution in [1.29, 1.82) is 0 Å². The van der Waals surface area contributed by atoms with Crippen LogP contribution in [0.1, 0.15) is 13.8 Å². The van der Waals surface area contributed by atoms with Gasteiger partial charge in [0.2, 0.25) is 0 Å². The zero-order valence-corrected chi connectivity index (χ0v) is 6.02. The molecule has 0 saturated carbocycles. The van der Waals surface area contributed by atoms with E-state index < -0.39 is 0 Å². The molecule has 0 atom stereocenters. The summed E-state index contributed by atoms with van der Waals surface area (Å²) in [7, 11) is 0. The predicted octanol–water partition coefficient (Wildman–Crippen LogP) is 1.98. The van der Waals surface area contributed by atoms with Crippen LogP contribution in [0.15, 0.2) is 36.1 Å². The molecule has 0 aliphatic rings. The second-order valence-electron chi connectivity index (χ2n) is 1.96. The molecule has 0 aromatic heterocycles. The average Bonchev–Trinajstić information content (AvgIpc) is 1.82. The van der Waals surface area contributed by atoms with Gasteiger partial charge < -0.3 is 5.73 Å². The first-order valence-corrected chi connectivity index (χ1v) is 2.90. The SMILES string of the molecule is C=C/C=C\C(C)=C(/C)N. The Hall–Kier alpha value is -0.980. The summed E-state index contributed by atoms with van der Waals surface area (Å²) in [5.41, 5.74) is 7.42. The van der Waals surface area contributed by atoms with E-state index in [1.807, 2.05) is 26.0 Å². The first-order valence-electron chi connectivity index (χ1n) is 2.90. The Bertz CT molecular complexity index is 148. The van der Waals surface area contributed by atoms with E-state index in [9.17, 15) is 0 Å². The molecule has 50 valence electrons. The molecule has 0 saturated heterocycles. The number of hydrogen-bond donors (Lipinski definition) is 1. The summed E-state index contributed by atoms with van der Waals surface area (Å²) in [4.78, 5) is 0. The Morgan fingerprint density at radius 2 is 2.00 bits per heavy atom. The second kappa shape index (κ2) is 3.96. The van der Waals surface area contributed by atoms with Crippen LogP contribution in [0.5, 0.6) is 0 Å². The van der Waals surface area contributed by atoms with Gasteiger partial charge in [0.05, 0.1) is 0 Å². The molecule has 0 aromatic rings. The summed E-state index contributed by atoms with van der Waals surface area (Å²) in [6.07, 6.45) is 5.53. The molecule has 0 fully saturated rings. The third kappa shape index (κ3) is 3.59. The van der Waals surface area contributed by atoms with Gasteiger partial charge >= 0.3 is 0 Å². The van der Waals surface area contributed by atoms with E-state index >= 15 is 0 Å². The lowest BCUT2D eigenvalue weighted by Gasteiger charge is -1.92. The molecule has 0 radical (unpaired) electrons. The van der Waals surface area contributed by atoms with Crippen molar-refractivity contribution in [3.63, 3.8) is 0 Å². The van der Waals surface area contributed by atoms with Crippen molar-refractivity contribution in [3.05, 3.63) is 36.1 Å². The highest BCUT2D eigenvalue weighted by Crippen LogP contribution is 1.97. The van der Waals surface area contributed by atoms with E-state index in [0.29, 0.717) is 0 Å². The van der Waals surface area contributed by atoms with Crippen LogP contribution < -0.4 is 5.73 Å². The number of allylic oxidation sites excluding steroid dienone is 5. The Morgan fingerprint density at radius 3 is 2.33 bits per heavy atom. The van der Waals surface area contributed by atoms with Crippen molar-refractivity contribution in [2.75, 3.05) is 0 Å². The topological polar surface area (TPSA) is 26.0 Å². The molecule has 0 aliphatic carbocycles. The Morgan fingerprint density at radius 1 is 1.44 bits per heavy atom. The van der Waals surface area contributed by atoms with E-state index in [1.165, 1.54) is 0 Å². The molecule has 1 nitrogen and oxygen atoms in total. The molecule has 0 rings (SSSR count). The minimum atomic E-state index is 0.855. The first kappa shape index (κ1) is 8.02. The van der Waals surface area contributed by atoms with Crippen LogP contribution in [0.4, 0.5) is 0 Å².